The van der Waals surface area contributed by atoms with Crippen molar-refractivity contribution in [2.24, 2.45) is 0 Å². The molecule has 0 unspecified atom stereocenters. The number of sulfonamides is 1. The van der Waals surface area contributed by atoms with Crippen LogP contribution in [-0.2, 0) is 16.4 Å². The molecule has 0 spiro atoms. The Bertz CT molecular complexity index is 1200. The molecule has 0 aliphatic carbocycles. The van der Waals surface area contributed by atoms with Crippen LogP contribution < -0.4 is 4.90 Å². The largest absolute Gasteiger partial charge is 0.345 e. The summed E-state index contributed by atoms with van der Waals surface area (Å²) in [4.78, 5) is 6.95. The van der Waals surface area contributed by atoms with Gasteiger partial charge in [-0.15, -0.1) is 11.3 Å². The van der Waals surface area contributed by atoms with Crippen LogP contribution in [0.25, 0.3) is 0 Å². The summed E-state index contributed by atoms with van der Waals surface area (Å²) in [5.74, 6) is 0. The highest BCUT2D eigenvalue weighted by atomic mass is 79.9. The first-order chi connectivity index (χ1) is 14.5. The van der Waals surface area contributed by atoms with E-state index >= 15 is 0 Å². The maximum Gasteiger partial charge on any atom is 0.244 e. The monoisotopic (exact) mass is 502 g/mol. The fraction of sp³-hybridized carbons (Fsp3) is 0.238. The summed E-state index contributed by atoms with van der Waals surface area (Å²) in [6.45, 7) is 1.86. The van der Waals surface area contributed by atoms with Crippen molar-refractivity contribution in [1.82, 2.24) is 9.29 Å². The molecule has 1 aliphatic rings. The SMILES string of the molecule is N#Cc1ccccc1S(=O)(=O)N1CCN(c2nc(Cc3cccc(Br)c3)cs2)CC1. The van der Waals surface area contributed by atoms with Crippen molar-refractivity contribution in [2.45, 2.75) is 11.3 Å². The van der Waals surface area contributed by atoms with E-state index < -0.39 is 10.0 Å². The van der Waals surface area contributed by atoms with E-state index in [4.69, 9.17) is 4.98 Å². The number of thiazole rings is 1. The minimum Gasteiger partial charge on any atom is -0.345 e. The molecule has 3 aromatic rings. The average molecular weight is 503 g/mol. The summed E-state index contributed by atoms with van der Waals surface area (Å²) in [5.41, 5.74) is 2.37. The molecule has 0 saturated carbocycles. The van der Waals surface area contributed by atoms with Crippen molar-refractivity contribution in [3.8, 4) is 6.07 Å². The molecule has 2 heterocycles. The number of rotatable bonds is 5. The first-order valence-electron chi connectivity index (χ1n) is 9.40. The second kappa shape index (κ2) is 8.86. The van der Waals surface area contributed by atoms with Gasteiger partial charge in [-0.25, -0.2) is 13.4 Å². The Labute approximate surface area is 188 Å². The van der Waals surface area contributed by atoms with Crippen LogP contribution in [0.1, 0.15) is 16.8 Å². The van der Waals surface area contributed by atoms with Gasteiger partial charge in [-0.2, -0.15) is 9.57 Å². The highest BCUT2D eigenvalue weighted by Gasteiger charge is 2.30. The minimum absolute atomic E-state index is 0.0755. The highest BCUT2D eigenvalue weighted by molar-refractivity contribution is 9.10. The summed E-state index contributed by atoms with van der Waals surface area (Å²) in [6.07, 6.45) is 0.759. The second-order valence-corrected chi connectivity index (χ2v) is 10.6. The van der Waals surface area contributed by atoms with Gasteiger partial charge < -0.3 is 4.90 Å². The van der Waals surface area contributed by atoms with Crippen molar-refractivity contribution in [3.63, 3.8) is 0 Å². The zero-order valence-electron chi connectivity index (χ0n) is 16.0. The van der Waals surface area contributed by atoms with Crippen molar-refractivity contribution >= 4 is 42.4 Å². The zero-order chi connectivity index (χ0) is 21.1. The normalized spacial score (nSPS) is 15.1. The Morgan fingerprint density at radius 2 is 1.87 bits per heavy atom. The van der Waals surface area contributed by atoms with E-state index in [-0.39, 0.29) is 10.5 Å². The van der Waals surface area contributed by atoms with E-state index in [9.17, 15) is 13.7 Å². The maximum atomic E-state index is 13.0. The van der Waals surface area contributed by atoms with Crippen molar-refractivity contribution in [3.05, 3.63) is 75.2 Å². The van der Waals surface area contributed by atoms with E-state index in [0.29, 0.717) is 26.2 Å². The molecule has 1 aliphatic heterocycles. The molecule has 0 amide bonds. The molecule has 4 rings (SSSR count). The maximum absolute atomic E-state index is 13.0. The van der Waals surface area contributed by atoms with Gasteiger partial charge in [-0.3, -0.25) is 0 Å². The minimum atomic E-state index is -3.69. The summed E-state index contributed by atoms with van der Waals surface area (Å²) in [5, 5.41) is 12.2. The van der Waals surface area contributed by atoms with Gasteiger partial charge in [0.05, 0.1) is 16.2 Å². The second-order valence-electron chi connectivity index (χ2n) is 6.93. The van der Waals surface area contributed by atoms with E-state index in [1.54, 1.807) is 23.5 Å². The van der Waals surface area contributed by atoms with Gasteiger partial charge in [0, 0.05) is 42.5 Å². The van der Waals surface area contributed by atoms with Crippen molar-refractivity contribution in [2.75, 3.05) is 31.1 Å². The van der Waals surface area contributed by atoms with E-state index in [2.05, 4.69) is 38.3 Å². The van der Waals surface area contributed by atoms with Crippen LogP contribution in [0, 0.1) is 11.3 Å². The number of halogens is 1. The molecule has 154 valence electrons. The molecule has 30 heavy (non-hydrogen) atoms. The van der Waals surface area contributed by atoms with Crippen LogP contribution >= 0.6 is 27.3 Å². The summed E-state index contributed by atoms with van der Waals surface area (Å²) < 4.78 is 28.5. The van der Waals surface area contributed by atoms with Crippen LogP contribution in [0.5, 0.6) is 0 Å². The molecule has 0 N–H and O–H groups in total. The lowest BCUT2D eigenvalue weighted by Gasteiger charge is -2.33. The number of nitriles is 1. The van der Waals surface area contributed by atoms with E-state index in [0.717, 1.165) is 21.7 Å². The molecular formula is C21H19BrN4O2S2. The number of benzene rings is 2. The van der Waals surface area contributed by atoms with E-state index in [1.165, 1.54) is 22.0 Å². The lowest BCUT2D eigenvalue weighted by Crippen LogP contribution is -2.48. The number of nitrogens with zero attached hydrogens (tertiary/aromatic N) is 4. The molecule has 1 saturated heterocycles. The topological polar surface area (TPSA) is 77.3 Å². The lowest BCUT2D eigenvalue weighted by molar-refractivity contribution is 0.384. The zero-order valence-corrected chi connectivity index (χ0v) is 19.3. The van der Waals surface area contributed by atoms with E-state index in [1.807, 2.05) is 18.2 Å². The Kier molecular flexibility index (Phi) is 6.20. The van der Waals surface area contributed by atoms with Crippen LogP contribution in [0.2, 0.25) is 0 Å². The molecule has 6 nitrogen and oxygen atoms in total. The van der Waals surface area contributed by atoms with Crippen LogP contribution in [0.3, 0.4) is 0 Å². The summed E-state index contributed by atoms with van der Waals surface area (Å²) >= 11 is 5.08. The summed E-state index contributed by atoms with van der Waals surface area (Å²) in [7, 11) is -3.69. The molecule has 0 bridgehead atoms. The third-order valence-electron chi connectivity index (χ3n) is 4.95. The number of piperazine rings is 1. The standard InChI is InChI=1S/C21H19BrN4O2S2/c22-18-6-3-4-16(12-18)13-19-15-29-21(24-19)25-8-10-26(11-9-25)30(27,28)20-7-2-1-5-17(20)14-23/h1-7,12,15H,8-11,13H2. The average Bonchev–Trinajstić information content (AvgIpc) is 3.22. The predicted octanol–water partition coefficient (Wildman–Crippen LogP) is 3.88. The summed E-state index contributed by atoms with van der Waals surface area (Å²) in [6, 6.07) is 16.5. The van der Waals surface area contributed by atoms with Gasteiger partial charge in [0.1, 0.15) is 6.07 Å². The van der Waals surface area contributed by atoms with Crippen molar-refractivity contribution in [1.29, 1.82) is 5.26 Å². The Hall–Kier alpha value is -2.25. The van der Waals surface area contributed by atoms with Gasteiger partial charge in [0.15, 0.2) is 5.13 Å². The van der Waals surface area contributed by atoms with Crippen LogP contribution in [0.4, 0.5) is 5.13 Å². The Morgan fingerprint density at radius 1 is 1.10 bits per heavy atom. The highest BCUT2D eigenvalue weighted by Crippen LogP contribution is 2.26. The number of hydrogen-bond acceptors (Lipinski definition) is 6. The predicted molar refractivity (Wildman–Crippen MR) is 121 cm³/mol. The molecule has 0 atom stereocenters. The first-order valence-corrected chi connectivity index (χ1v) is 12.5. The molecule has 0 radical (unpaired) electrons. The Balaban J connectivity index is 1.43. The van der Waals surface area contributed by atoms with Crippen LogP contribution in [-0.4, -0.2) is 43.9 Å². The lowest BCUT2D eigenvalue weighted by atomic mass is 10.1. The Morgan fingerprint density at radius 3 is 2.60 bits per heavy atom. The van der Waals surface area contributed by atoms with Crippen molar-refractivity contribution < 1.29 is 8.42 Å². The first kappa shape index (κ1) is 21.0. The number of anilines is 1. The van der Waals surface area contributed by atoms with Crippen LogP contribution in [0.15, 0.2) is 63.3 Å². The van der Waals surface area contributed by atoms with Gasteiger partial charge in [-0.1, -0.05) is 40.2 Å². The molecule has 1 aromatic heterocycles. The van der Waals surface area contributed by atoms with Gasteiger partial charge in [-0.05, 0) is 29.8 Å². The molecule has 9 heteroatoms. The third-order valence-corrected chi connectivity index (χ3v) is 8.35. The molecular weight excluding hydrogens is 484 g/mol. The smallest absolute Gasteiger partial charge is 0.244 e. The van der Waals surface area contributed by atoms with Gasteiger partial charge >= 0.3 is 0 Å². The fourth-order valence-corrected chi connectivity index (χ4v) is 6.31. The van der Waals surface area contributed by atoms with Gasteiger partial charge in [0.2, 0.25) is 10.0 Å². The number of aromatic nitrogens is 1. The fourth-order valence-electron chi connectivity index (χ4n) is 3.42. The third kappa shape index (κ3) is 4.42. The molecule has 2 aromatic carbocycles. The number of hydrogen-bond donors (Lipinski definition) is 0. The van der Waals surface area contributed by atoms with Gasteiger partial charge in [0.25, 0.3) is 0 Å². The quantitative estimate of drug-likeness (QED) is 0.528. The molecule has 1 fully saturated rings.